The Bertz CT molecular complexity index is 382. The molecule has 0 heterocycles. The molecule has 3 amide bonds. The zero-order valence-electron chi connectivity index (χ0n) is 12.3. The van der Waals surface area contributed by atoms with Crippen LogP contribution in [0.2, 0.25) is 0 Å². The highest BCUT2D eigenvalue weighted by molar-refractivity contribution is 5.86. The molecule has 0 radical (unpaired) electrons. The number of rotatable bonds is 7. The number of nitrogens with zero attached hydrogens (tertiary/aromatic N) is 2. The molecule has 7 nitrogen and oxygen atoms in total. The molecule has 0 aromatic rings. The van der Waals surface area contributed by atoms with Crippen molar-refractivity contribution in [2.45, 2.75) is 45.2 Å². The molecule has 1 rings (SSSR count). The van der Waals surface area contributed by atoms with Crippen molar-refractivity contribution >= 4 is 17.9 Å². The highest BCUT2D eigenvalue weighted by Crippen LogP contribution is 2.27. The second-order valence-corrected chi connectivity index (χ2v) is 5.09. The van der Waals surface area contributed by atoms with Crippen molar-refractivity contribution in [3.63, 3.8) is 0 Å². The average Bonchev–Trinajstić information content (AvgIpc) is 3.21. The van der Waals surface area contributed by atoms with Gasteiger partial charge in [-0.3, -0.25) is 9.59 Å². The lowest BCUT2D eigenvalue weighted by molar-refractivity contribution is -0.137. The van der Waals surface area contributed by atoms with Crippen LogP contribution in [0.15, 0.2) is 0 Å². The molecule has 1 unspecified atom stereocenters. The van der Waals surface area contributed by atoms with E-state index in [1.54, 1.807) is 14.0 Å². The van der Waals surface area contributed by atoms with Crippen LogP contribution in [0.3, 0.4) is 0 Å². The van der Waals surface area contributed by atoms with Gasteiger partial charge in [-0.15, -0.1) is 0 Å². The van der Waals surface area contributed by atoms with E-state index in [9.17, 15) is 14.4 Å². The number of hydrogen-bond acceptors (Lipinski definition) is 3. The Morgan fingerprint density at radius 2 is 1.95 bits per heavy atom. The SMILES string of the molecule is CCN(C)C(=O)C(C)NC(=O)N(CCC(=O)O)C1CC1. The van der Waals surface area contributed by atoms with Crippen LogP contribution in [0.25, 0.3) is 0 Å². The third-order valence-corrected chi connectivity index (χ3v) is 3.38. The van der Waals surface area contributed by atoms with Gasteiger partial charge in [0, 0.05) is 26.2 Å². The molecule has 1 aliphatic rings. The summed E-state index contributed by atoms with van der Waals surface area (Å²) < 4.78 is 0. The van der Waals surface area contributed by atoms with Crippen LogP contribution in [0.5, 0.6) is 0 Å². The van der Waals surface area contributed by atoms with Crippen LogP contribution in [0.4, 0.5) is 4.79 Å². The number of carboxylic acids is 1. The molecule has 1 fully saturated rings. The molecule has 0 bridgehead atoms. The van der Waals surface area contributed by atoms with Crippen LogP contribution in [-0.2, 0) is 9.59 Å². The Hall–Kier alpha value is -1.79. The topological polar surface area (TPSA) is 90.0 Å². The minimum atomic E-state index is -0.932. The largest absolute Gasteiger partial charge is 0.481 e. The molecule has 1 atom stereocenters. The zero-order chi connectivity index (χ0) is 15.3. The fourth-order valence-corrected chi connectivity index (χ4v) is 1.87. The second-order valence-electron chi connectivity index (χ2n) is 5.09. The predicted octanol–water partition coefficient (Wildman–Crippen LogP) is 0.502. The summed E-state index contributed by atoms with van der Waals surface area (Å²) in [6, 6.07) is -0.863. The van der Waals surface area contributed by atoms with Gasteiger partial charge >= 0.3 is 12.0 Å². The summed E-state index contributed by atoms with van der Waals surface area (Å²) in [6.45, 7) is 4.24. The third kappa shape index (κ3) is 4.71. The molecule has 0 saturated heterocycles. The standard InChI is InChI=1S/C13H23N3O4/c1-4-15(3)12(19)9(2)14-13(20)16(10-5-6-10)8-7-11(17)18/h9-10H,4-8H2,1-3H3,(H,14,20)(H,17,18). The Morgan fingerprint density at radius 3 is 2.40 bits per heavy atom. The van der Waals surface area contributed by atoms with Crippen molar-refractivity contribution in [3.8, 4) is 0 Å². The summed E-state index contributed by atoms with van der Waals surface area (Å²) in [5.41, 5.74) is 0. The Kier molecular flexibility index (Phi) is 5.79. The van der Waals surface area contributed by atoms with E-state index in [0.29, 0.717) is 6.54 Å². The minimum absolute atomic E-state index is 0.0822. The van der Waals surface area contributed by atoms with Gasteiger partial charge in [0.05, 0.1) is 6.42 Å². The van der Waals surface area contributed by atoms with E-state index in [0.717, 1.165) is 12.8 Å². The van der Waals surface area contributed by atoms with E-state index in [4.69, 9.17) is 5.11 Å². The quantitative estimate of drug-likeness (QED) is 0.713. The number of carbonyl (C=O) groups excluding carboxylic acids is 2. The first kappa shape index (κ1) is 16.3. The predicted molar refractivity (Wildman–Crippen MR) is 73.3 cm³/mol. The molecular weight excluding hydrogens is 262 g/mol. The molecule has 20 heavy (non-hydrogen) atoms. The number of nitrogens with one attached hydrogen (secondary N) is 1. The van der Waals surface area contributed by atoms with Crippen molar-refractivity contribution in [3.05, 3.63) is 0 Å². The number of amides is 3. The molecule has 0 aliphatic heterocycles. The van der Waals surface area contributed by atoms with Gasteiger partial charge in [-0.05, 0) is 26.7 Å². The van der Waals surface area contributed by atoms with Gasteiger partial charge in [0.15, 0.2) is 0 Å². The maximum absolute atomic E-state index is 12.1. The van der Waals surface area contributed by atoms with Gasteiger partial charge in [-0.1, -0.05) is 0 Å². The van der Waals surface area contributed by atoms with Gasteiger partial charge < -0.3 is 20.2 Å². The average molecular weight is 285 g/mol. The highest BCUT2D eigenvalue weighted by atomic mass is 16.4. The first-order valence-corrected chi connectivity index (χ1v) is 6.90. The summed E-state index contributed by atoms with van der Waals surface area (Å²) in [6.07, 6.45) is 1.70. The highest BCUT2D eigenvalue weighted by Gasteiger charge is 2.33. The van der Waals surface area contributed by atoms with Gasteiger partial charge in [0.25, 0.3) is 0 Å². The molecular formula is C13H23N3O4. The van der Waals surface area contributed by atoms with Crippen molar-refractivity contribution in [2.75, 3.05) is 20.1 Å². The fraction of sp³-hybridized carbons (Fsp3) is 0.769. The smallest absolute Gasteiger partial charge is 0.318 e. The maximum atomic E-state index is 12.1. The normalized spacial score (nSPS) is 15.3. The second kappa shape index (κ2) is 7.12. The van der Waals surface area contributed by atoms with Crippen LogP contribution in [-0.4, -0.2) is 65.0 Å². The molecule has 114 valence electrons. The number of urea groups is 1. The van der Waals surface area contributed by atoms with Gasteiger partial charge in [0.1, 0.15) is 6.04 Å². The number of carbonyl (C=O) groups is 3. The van der Waals surface area contributed by atoms with Crippen LogP contribution >= 0.6 is 0 Å². The first-order chi connectivity index (χ1) is 9.36. The molecule has 0 aromatic carbocycles. The molecule has 1 saturated carbocycles. The van der Waals surface area contributed by atoms with Gasteiger partial charge in [0.2, 0.25) is 5.91 Å². The van der Waals surface area contributed by atoms with Crippen molar-refractivity contribution < 1.29 is 19.5 Å². The summed E-state index contributed by atoms with van der Waals surface area (Å²) >= 11 is 0. The Morgan fingerprint density at radius 1 is 1.35 bits per heavy atom. The zero-order valence-corrected chi connectivity index (χ0v) is 12.3. The monoisotopic (exact) mass is 285 g/mol. The van der Waals surface area contributed by atoms with Crippen LogP contribution in [0.1, 0.15) is 33.1 Å². The minimum Gasteiger partial charge on any atom is -0.481 e. The molecule has 2 N–H and O–H groups in total. The van der Waals surface area contributed by atoms with E-state index in [2.05, 4.69) is 5.32 Å². The van der Waals surface area contributed by atoms with Gasteiger partial charge in [-0.25, -0.2) is 4.79 Å². The molecule has 7 heteroatoms. The van der Waals surface area contributed by atoms with Crippen LogP contribution < -0.4 is 5.32 Å². The van der Waals surface area contributed by atoms with E-state index >= 15 is 0 Å². The summed E-state index contributed by atoms with van der Waals surface area (Å²) in [4.78, 5) is 37.7. The fourth-order valence-electron chi connectivity index (χ4n) is 1.87. The summed E-state index contributed by atoms with van der Waals surface area (Å²) in [5, 5.41) is 11.3. The third-order valence-electron chi connectivity index (χ3n) is 3.38. The number of aliphatic carboxylic acids is 1. The maximum Gasteiger partial charge on any atom is 0.318 e. The van der Waals surface area contributed by atoms with E-state index in [1.807, 2.05) is 6.92 Å². The molecule has 1 aliphatic carbocycles. The summed E-state index contributed by atoms with van der Waals surface area (Å²) in [7, 11) is 1.67. The number of carboxylic acid groups (broad SMARTS) is 1. The molecule has 0 aromatic heterocycles. The van der Waals surface area contributed by atoms with Crippen molar-refractivity contribution in [2.24, 2.45) is 0 Å². The Balaban J connectivity index is 2.53. The number of likely N-dealkylation sites (N-methyl/N-ethyl adjacent to an activating group) is 1. The van der Waals surface area contributed by atoms with Crippen LogP contribution in [0, 0.1) is 0 Å². The van der Waals surface area contributed by atoms with E-state index < -0.39 is 12.0 Å². The van der Waals surface area contributed by atoms with Crippen molar-refractivity contribution in [1.82, 2.24) is 15.1 Å². The number of hydrogen-bond donors (Lipinski definition) is 2. The van der Waals surface area contributed by atoms with Crippen molar-refractivity contribution in [1.29, 1.82) is 0 Å². The van der Waals surface area contributed by atoms with Gasteiger partial charge in [-0.2, -0.15) is 0 Å². The van der Waals surface area contributed by atoms with E-state index in [-0.39, 0.29) is 30.9 Å². The van der Waals surface area contributed by atoms with E-state index in [1.165, 1.54) is 9.80 Å². The first-order valence-electron chi connectivity index (χ1n) is 6.90. The molecule has 0 spiro atoms. The summed E-state index contributed by atoms with van der Waals surface area (Å²) in [5.74, 6) is -1.09. The Labute approximate surface area is 118 Å². The lowest BCUT2D eigenvalue weighted by Gasteiger charge is -2.26. The lowest BCUT2D eigenvalue weighted by Crippen LogP contribution is -2.51. The lowest BCUT2D eigenvalue weighted by atomic mass is 10.3.